The average molecular weight is 242 g/mol. The number of rotatable bonds is 4. The predicted octanol–water partition coefficient (Wildman–Crippen LogP) is 1.68. The van der Waals surface area contributed by atoms with Crippen LogP contribution in [-0.4, -0.2) is 41.1 Å². The molecule has 2 N–H and O–H groups in total. The number of nitrogens with one attached hydrogen (secondary N) is 1. The Kier molecular flexibility index (Phi) is 5.25. The summed E-state index contributed by atoms with van der Waals surface area (Å²) in [5, 5.41) is 11.7. The second-order valence-corrected chi connectivity index (χ2v) is 4.70. The SMILES string of the molecule is CC[C@@H](C)[C@@H](NC(=O)N1CCCCC1)C(=O)O. The largest absolute Gasteiger partial charge is 0.480 e. The first-order valence-corrected chi connectivity index (χ1v) is 6.34. The second kappa shape index (κ2) is 6.47. The number of amides is 2. The number of carbonyl (C=O) groups is 2. The summed E-state index contributed by atoms with van der Waals surface area (Å²) in [6.45, 7) is 5.24. The monoisotopic (exact) mass is 242 g/mol. The second-order valence-electron chi connectivity index (χ2n) is 4.70. The lowest BCUT2D eigenvalue weighted by Gasteiger charge is -2.29. The van der Waals surface area contributed by atoms with Gasteiger partial charge in [-0.1, -0.05) is 20.3 Å². The van der Waals surface area contributed by atoms with Crippen LogP contribution in [0, 0.1) is 5.92 Å². The van der Waals surface area contributed by atoms with Crippen molar-refractivity contribution in [2.24, 2.45) is 5.92 Å². The summed E-state index contributed by atoms with van der Waals surface area (Å²) in [6.07, 6.45) is 3.90. The van der Waals surface area contributed by atoms with E-state index in [-0.39, 0.29) is 11.9 Å². The molecule has 0 bridgehead atoms. The van der Waals surface area contributed by atoms with Crippen molar-refractivity contribution in [2.45, 2.75) is 45.6 Å². The van der Waals surface area contributed by atoms with Crippen molar-refractivity contribution in [3.63, 3.8) is 0 Å². The van der Waals surface area contributed by atoms with Gasteiger partial charge in [0.15, 0.2) is 0 Å². The maximum Gasteiger partial charge on any atom is 0.326 e. The fourth-order valence-corrected chi connectivity index (χ4v) is 2.00. The van der Waals surface area contributed by atoms with Crippen LogP contribution in [0.2, 0.25) is 0 Å². The molecule has 0 aromatic heterocycles. The highest BCUT2D eigenvalue weighted by atomic mass is 16.4. The zero-order valence-corrected chi connectivity index (χ0v) is 10.6. The van der Waals surface area contributed by atoms with Gasteiger partial charge in [0.05, 0.1) is 0 Å². The number of hydrogen-bond donors (Lipinski definition) is 2. The van der Waals surface area contributed by atoms with Crippen LogP contribution in [0.1, 0.15) is 39.5 Å². The van der Waals surface area contributed by atoms with E-state index in [4.69, 9.17) is 5.11 Å². The predicted molar refractivity (Wildman–Crippen MR) is 64.8 cm³/mol. The van der Waals surface area contributed by atoms with Crippen LogP contribution in [-0.2, 0) is 4.79 Å². The lowest BCUT2D eigenvalue weighted by atomic mass is 9.99. The van der Waals surface area contributed by atoms with Crippen LogP contribution < -0.4 is 5.32 Å². The summed E-state index contributed by atoms with van der Waals surface area (Å²) < 4.78 is 0. The Morgan fingerprint density at radius 1 is 1.29 bits per heavy atom. The zero-order chi connectivity index (χ0) is 12.8. The smallest absolute Gasteiger partial charge is 0.326 e. The molecule has 98 valence electrons. The molecular weight excluding hydrogens is 220 g/mol. The number of urea groups is 1. The minimum absolute atomic E-state index is 0.0544. The molecule has 2 amide bonds. The van der Waals surface area contributed by atoms with Crippen LogP contribution in [0.5, 0.6) is 0 Å². The van der Waals surface area contributed by atoms with Crippen molar-refractivity contribution in [2.75, 3.05) is 13.1 Å². The summed E-state index contributed by atoms with van der Waals surface area (Å²) in [7, 11) is 0. The molecule has 1 heterocycles. The molecule has 17 heavy (non-hydrogen) atoms. The summed E-state index contributed by atoms with van der Waals surface area (Å²) in [4.78, 5) is 24.7. The molecule has 0 spiro atoms. The molecule has 5 heteroatoms. The van der Waals surface area contributed by atoms with Crippen LogP contribution in [0.15, 0.2) is 0 Å². The Labute approximate surface area is 102 Å². The van der Waals surface area contributed by atoms with Gasteiger partial charge >= 0.3 is 12.0 Å². The molecule has 1 rings (SSSR count). The van der Waals surface area contributed by atoms with Gasteiger partial charge in [0.25, 0.3) is 0 Å². The molecule has 5 nitrogen and oxygen atoms in total. The highest BCUT2D eigenvalue weighted by Gasteiger charge is 2.27. The van der Waals surface area contributed by atoms with E-state index in [0.717, 1.165) is 38.8 Å². The summed E-state index contributed by atoms with van der Waals surface area (Å²) >= 11 is 0. The van der Waals surface area contributed by atoms with Crippen molar-refractivity contribution < 1.29 is 14.7 Å². The van der Waals surface area contributed by atoms with E-state index < -0.39 is 12.0 Å². The normalized spacial score (nSPS) is 19.5. The Morgan fingerprint density at radius 2 is 1.88 bits per heavy atom. The highest BCUT2D eigenvalue weighted by molar-refractivity contribution is 5.82. The van der Waals surface area contributed by atoms with E-state index in [2.05, 4.69) is 5.32 Å². The first-order chi connectivity index (χ1) is 8.06. The Hall–Kier alpha value is -1.26. The standard InChI is InChI=1S/C12H22N2O3/c1-3-9(2)10(11(15)16)13-12(17)14-7-5-4-6-8-14/h9-10H,3-8H2,1-2H3,(H,13,17)(H,15,16)/t9-,10-/m1/s1. The molecule has 1 aliphatic heterocycles. The maximum atomic E-state index is 11.9. The van der Waals surface area contributed by atoms with Crippen LogP contribution in [0.4, 0.5) is 4.79 Å². The molecule has 0 aromatic carbocycles. The minimum Gasteiger partial charge on any atom is -0.480 e. The van der Waals surface area contributed by atoms with Crippen molar-refractivity contribution in [3.8, 4) is 0 Å². The van der Waals surface area contributed by atoms with Gasteiger partial charge in [0.2, 0.25) is 0 Å². The number of likely N-dealkylation sites (tertiary alicyclic amines) is 1. The lowest BCUT2D eigenvalue weighted by Crippen LogP contribution is -2.51. The number of aliphatic carboxylic acids is 1. The quantitative estimate of drug-likeness (QED) is 0.788. The van der Waals surface area contributed by atoms with Crippen molar-refractivity contribution in [1.29, 1.82) is 0 Å². The van der Waals surface area contributed by atoms with Gasteiger partial charge in [0.1, 0.15) is 6.04 Å². The average Bonchev–Trinajstić information content (AvgIpc) is 2.35. The topological polar surface area (TPSA) is 69.6 Å². The zero-order valence-electron chi connectivity index (χ0n) is 10.6. The number of piperidine rings is 1. The van der Waals surface area contributed by atoms with Crippen molar-refractivity contribution in [1.82, 2.24) is 10.2 Å². The van der Waals surface area contributed by atoms with Crippen LogP contribution in [0.3, 0.4) is 0 Å². The third kappa shape index (κ3) is 3.91. The van der Waals surface area contributed by atoms with Gasteiger partial charge in [-0.15, -0.1) is 0 Å². The van der Waals surface area contributed by atoms with E-state index in [1.54, 1.807) is 4.90 Å². The number of carboxylic acids is 1. The molecule has 1 fully saturated rings. The molecule has 0 unspecified atom stereocenters. The van der Waals surface area contributed by atoms with E-state index in [9.17, 15) is 9.59 Å². The highest BCUT2D eigenvalue weighted by Crippen LogP contribution is 2.11. The van der Waals surface area contributed by atoms with Gasteiger partial charge in [-0.3, -0.25) is 0 Å². The van der Waals surface area contributed by atoms with Gasteiger partial charge in [-0.05, 0) is 25.2 Å². The van der Waals surface area contributed by atoms with Gasteiger partial charge in [-0.25, -0.2) is 9.59 Å². The molecule has 2 atom stereocenters. The van der Waals surface area contributed by atoms with E-state index in [1.165, 1.54) is 0 Å². The Bertz CT molecular complexity index is 275. The van der Waals surface area contributed by atoms with E-state index in [1.807, 2.05) is 13.8 Å². The first kappa shape index (κ1) is 13.8. The van der Waals surface area contributed by atoms with E-state index >= 15 is 0 Å². The molecule has 0 radical (unpaired) electrons. The minimum atomic E-state index is -0.954. The van der Waals surface area contributed by atoms with Gasteiger partial charge < -0.3 is 15.3 Å². The lowest BCUT2D eigenvalue weighted by molar-refractivity contribution is -0.140. The molecule has 0 aliphatic carbocycles. The fourth-order valence-electron chi connectivity index (χ4n) is 2.00. The Balaban J connectivity index is 2.53. The summed E-state index contributed by atoms with van der Waals surface area (Å²) in [5.74, 6) is -1.01. The molecule has 0 aromatic rings. The number of nitrogens with zero attached hydrogens (tertiary/aromatic N) is 1. The fraction of sp³-hybridized carbons (Fsp3) is 0.833. The van der Waals surface area contributed by atoms with E-state index in [0.29, 0.717) is 0 Å². The summed E-state index contributed by atoms with van der Waals surface area (Å²) in [5.41, 5.74) is 0. The van der Waals surface area contributed by atoms with Gasteiger partial charge in [0, 0.05) is 13.1 Å². The number of carboxylic acid groups (broad SMARTS) is 1. The van der Waals surface area contributed by atoms with Crippen LogP contribution in [0.25, 0.3) is 0 Å². The number of carbonyl (C=O) groups excluding carboxylic acids is 1. The van der Waals surface area contributed by atoms with Gasteiger partial charge in [-0.2, -0.15) is 0 Å². The molecule has 1 saturated heterocycles. The van der Waals surface area contributed by atoms with Crippen molar-refractivity contribution in [3.05, 3.63) is 0 Å². The van der Waals surface area contributed by atoms with Crippen LogP contribution >= 0.6 is 0 Å². The van der Waals surface area contributed by atoms with Crippen molar-refractivity contribution >= 4 is 12.0 Å². The summed E-state index contributed by atoms with van der Waals surface area (Å²) in [6, 6.07) is -1.02. The molecule has 0 saturated carbocycles. The third-order valence-corrected chi connectivity index (χ3v) is 3.40. The molecular formula is C12H22N2O3. The number of hydrogen-bond acceptors (Lipinski definition) is 2. The maximum absolute atomic E-state index is 11.9. The first-order valence-electron chi connectivity index (χ1n) is 6.34. The third-order valence-electron chi connectivity index (χ3n) is 3.40. The Morgan fingerprint density at radius 3 is 2.35 bits per heavy atom. The molecule has 1 aliphatic rings.